The van der Waals surface area contributed by atoms with E-state index in [0.717, 1.165) is 11.3 Å². The Bertz CT molecular complexity index is 899. The minimum atomic E-state index is -3.11. The van der Waals surface area contributed by atoms with Gasteiger partial charge in [0.1, 0.15) is 19.0 Å². The molecule has 158 valence electrons. The molecule has 1 aromatic carbocycles. The van der Waals surface area contributed by atoms with E-state index in [4.69, 9.17) is 14.6 Å². The van der Waals surface area contributed by atoms with Crippen molar-refractivity contribution in [1.29, 1.82) is 0 Å². The summed E-state index contributed by atoms with van der Waals surface area (Å²) >= 11 is 1.29. The maximum atomic E-state index is 12.0. The molecule has 0 unspecified atom stereocenters. The maximum Gasteiger partial charge on any atom is 0.329 e. The fourth-order valence-corrected chi connectivity index (χ4v) is 7.30. The van der Waals surface area contributed by atoms with Gasteiger partial charge in [-0.1, -0.05) is 23.9 Å². The number of amides is 1. The number of ether oxygens (including phenoxy) is 2. The van der Waals surface area contributed by atoms with Gasteiger partial charge in [0.2, 0.25) is 0 Å². The summed E-state index contributed by atoms with van der Waals surface area (Å²) in [4.78, 5) is 28.5. The SMILES string of the molecule is COc1ccc(CCN2C(=NC(=O)COCC(=O)O)S[C@@H]3CS(=O)(=O)C[C@@H]32)cc1. The molecule has 0 aromatic heterocycles. The van der Waals surface area contributed by atoms with E-state index in [9.17, 15) is 18.0 Å². The fraction of sp³-hybridized carbons (Fsp3) is 0.500. The van der Waals surface area contributed by atoms with Crippen molar-refractivity contribution < 1.29 is 32.6 Å². The zero-order valence-corrected chi connectivity index (χ0v) is 17.4. The monoisotopic (exact) mass is 442 g/mol. The maximum absolute atomic E-state index is 12.0. The number of amidine groups is 1. The number of methoxy groups -OCH3 is 1. The first-order valence-electron chi connectivity index (χ1n) is 8.95. The van der Waals surface area contributed by atoms with E-state index in [-0.39, 0.29) is 22.8 Å². The molecule has 2 fully saturated rings. The molecule has 9 nitrogen and oxygen atoms in total. The second-order valence-electron chi connectivity index (χ2n) is 6.77. The summed E-state index contributed by atoms with van der Waals surface area (Å²) in [6.45, 7) is -0.497. The third-order valence-corrected chi connectivity index (χ3v) is 7.89. The molecule has 1 N–H and O–H groups in total. The van der Waals surface area contributed by atoms with Crippen molar-refractivity contribution >= 4 is 38.6 Å². The van der Waals surface area contributed by atoms with E-state index in [1.165, 1.54) is 11.8 Å². The second-order valence-corrected chi connectivity index (χ2v) is 10.1. The molecule has 0 bridgehead atoms. The average Bonchev–Trinajstić information content (AvgIpc) is 3.11. The highest BCUT2D eigenvalue weighted by Gasteiger charge is 2.48. The van der Waals surface area contributed by atoms with Crippen LogP contribution in [0.25, 0.3) is 0 Å². The molecule has 0 saturated carbocycles. The predicted molar refractivity (Wildman–Crippen MR) is 108 cm³/mol. The van der Waals surface area contributed by atoms with Gasteiger partial charge in [0.05, 0.1) is 24.7 Å². The zero-order valence-electron chi connectivity index (χ0n) is 15.8. The first-order valence-corrected chi connectivity index (χ1v) is 11.7. The molecule has 2 aliphatic heterocycles. The lowest BCUT2D eigenvalue weighted by Gasteiger charge is -2.24. The van der Waals surface area contributed by atoms with Gasteiger partial charge >= 0.3 is 5.97 Å². The number of hydrogen-bond donors (Lipinski definition) is 1. The lowest BCUT2D eigenvalue weighted by atomic mass is 10.1. The standard InChI is InChI=1S/C18H22N2O7S2/c1-26-13-4-2-12(3-5-13)6-7-20-14-10-29(24,25)11-15(14)28-18(20)19-16(21)8-27-9-17(22)23/h2-5,14-15H,6-11H2,1H3,(H,22,23)/t14-,15+/m0/s1. The van der Waals surface area contributed by atoms with Crippen LogP contribution in [0.2, 0.25) is 0 Å². The molecule has 2 aliphatic rings. The van der Waals surface area contributed by atoms with Gasteiger partial charge < -0.3 is 19.5 Å². The third kappa shape index (κ3) is 5.71. The number of thioether (sulfide) groups is 1. The van der Waals surface area contributed by atoms with Crippen LogP contribution in [0.15, 0.2) is 29.3 Å². The number of hydrogen-bond acceptors (Lipinski definition) is 7. The Hall–Kier alpha value is -2.11. The molecular formula is C18H22N2O7S2. The van der Waals surface area contributed by atoms with Gasteiger partial charge in [0, 0.05) is 11.8 Å². The molecule has 2 atom stereocenters. The first-order chi connectivity index (χ1) is 13.8. The van der Waals surface area contributed by atoms with Gasteiger partial charge in [0.25, 0.3) is 5.91 Å². The van der Waals surface area contributed by atoms with Gasteiger partial charge in [0.15, 0.2) is 15.0 Å². The number of benzene rings is 1. The third-order valence-electron chi connectivity index (χ3n) is 4.65. The molecule has 3 rings (SSSR count). The molecule has 0 aliphatic carbocycles. The van der Waals surface area contributed by atoms with Crippen LogP contribution < -0.4 is 4.74 Å². The van der Waals surface area contributed by atoms with Crippen molar-refractivity contribution in [1.82, 2.24) is 4.90 Å². The van der Waals surface area contributed by atoms with Crippen molar-refractivity contribution in [3.8, 4) is 5.75 Å². The topological polar surface area (TPSA) is 123 Å². The molecule has 1 aromatic rings. The van der Waals surface area contributed by atoms with E-state index >= 15 is 0 Å². The number of sulfone groups is 1. The van der Waals surface area contributed by atoms with Gasteiger partial charge in [-0.15, -0.1) is 0 Å². The lowest BCUT2D eigenvalue weighted by Crippen LogP contribution is -2.39. The van der Waals surface area contributed by atoms with Gasteiger partial charge in [-0.25, -0.2) is 13.2 Å². The quantitative estimate of drug-likeness (QED) is 0.611. The highest BCUT2D eigenvalue weighted by Crippen LogP contribution is 2.38. The van der Waals surface area contributed by atoms with Crippen LogP contribution in [0.5, 0.6) is 5.75 Å². The predicted octanol–water partition coefficient (Wildman–Crippen LogP) is 0.436. The summed E-state index contributed by atoms with van der Waals surface area (Å²) in [6, 6.07) is 7.36. The Morgan fingerprint density at radius 3 is 2.62 bits per heavy atom. The second kappa shape index (κ2) is 9.14. The van der Waals surface area contributed by atoms with Crippen molar-refractivity contribution in [2.75, 3.05) is 38.4 Å². The van der Waals surface area contributed by atoms with Crippen LogP contribution in [-0.4, -0.2) is 85.1 Å². The van der Waals surface area contributed by atoms with Gasteiger partial charge in [-0.2, -0.15) is 4.99 Å². The van der Waals surface area contributed by atoms with Crippen molar-refractivity contribution in [2.45, 2.75) is 17.7 Å². The van der Waals surface area contributed by atoms with E-state index in [1.54, 1.807) is 7.11 Å². The van der Waals surface area contributed by atoms with Gasteiger partial charge in [-0.3, -0.25) is 4.79 Å². The van der Waals surface area contributed by atoms with Crippen molar-refractivity contribution in [2.24, 2.45) is 4.99 Å². The summed E-state index contributed by atoms with van der Waals surface area (Å²) in [7, 11) is -1.52. The molecule has 1 amide bonds. The number of fused-ring (bicyclic) bond motifs is 1. The number of aliphatic carboxylic acids is 1. The van der Waals surface area contributed by atoms with Crippen LogP contribution in [0.3, 0.4) is 0 Å². The fourth-order valence-electron chi connectivity index (χ4n) is 3.30. The summed E-state index contributed by atoms with van der Waals surface area (Å²) in [5.74, 6) is -0.908. The number of carbonyl (C=O) groups excluding carboxylic acids is 1. The number of nitrogens with zero attached hydrogens (tertiary/aromatic N) is 2. The van der Waals surface area contributed by atoms with Gasteiger partial charge in [-0.05, 0) is 24.1 Å². The molecule has 11 heteroatoms. The summed E-state index contributed by atoms with van der Waals surface area (Å²) in [6.07, 6.45) is 0.649. The van der Waals surface area contributed by atoms with E-state index < -0.39 is 34.9 Å². The number of carbonyl (C=O) groups is 2. The van der Waals surface area contributed by atoms with Crippen LogP contribution in [0, 0.1) is 0 Å². The molecule has 29 heavy (non-hydrogen) atoms. The molecule has 0 radical (unpaired) electrons. The highest BCUT2D eigenvalue weighted by atomic mass is 32.2. The summed E-state index contributed by atoms with van der Waals surface area (Å²) in [5, 5.41) is 8.87. The van der Waals surface area contributed by atoms with Crippen LogP contribution in [-0.2, 0) is 30.6 Å². The Kier molecular flexibility index (Phi) is 6.81. The average molecular weight is 443 g/mol. The minimum Gasteiger partial charge on any atom is -0.497 e. The lowest BCUT2D eigenvalue weighted by molar-refractivity contribution is -0.143. The van der Waals surface area contributed by atoms with E-state index in [1.807, 2.05) is 29.2 Å². The van der Waals surface area contributed by atoms with Crippen molar-refractivity contribution in [3.63, 3.8) is 0 Å². The summed E-state index contributed by atoms with van der Waals surface area (Å²) < 4.78 is 34.0. The molecule has 2 heterocycles. The number of carboxylic acids is 1. The zero-order chi connectivity index (χ0) is 21.0. The van der Waals surface area contributed by atoms with E-state index in [0.29, 0.717) is 18.1 Å². The summed E-state index contributed by atoms with van der Waals surface area (Å²) in [5.41, 5.74) is 1.05. The number of rotatable bonds is 8. The molecule has 2 saturated heterocycles. The Morgan fingerprint density at radius 1 is 1.24 bits per heavy atom. The van der Waals surface area contributed by atoms with Crippen LogP contribution >= 0.6 is 11.8 Å². The molecular weight excluding hydrogens is 420 g/mol. The van der Waals surface area contributed by atoms with E-state index in [2.05, 4.69) is 4.99 Å². The number of aliphatic imine (C=N–C) groups is 1. The first kappa shape index (κ1) is 21.6. The normalized spacial score (nSPS) is 23.9. The Balaban J connectivity index is 1.70. The smallest absolute Gasteiger partial charge is 0.329 e. The van der Waals surface area contributed by atoms with Crippen LogP contribution in [0.1, 0.15) is 5.56 Å². The Labute approximate surface area is 173 Å². The largest absolute Gasteiger partial charge is 0.497 e. The van der Waals surface area contributed by atoms with Crippen LogP contribution in [0.4, 0.5) is 0 Å². The van der Waals surface area contributed by atoms with Crippen molar-refractivity contribution in [3.05, 3.63) is 29.8 Å². The molecule has 0 spiro atoms. The highest BCUT2D eigenvalue weighted by molar-refractivity contribution is 8.15. The number of carboxylic acid groups (broad SMARTS) is 1. The minimum absolute atomic E-state index is 0.0377. The Morgan fingerprint density at radius 2 is 1.97 bits per heavy atom.